The van der Waals surface area contributed by atoms with Gasteiger partial charge in [-0.3, -0.25) is 9.59 Å². The summed E-state index contributed by atoms with van der Waals surface area (Å²) in [7, 11) is 1.59. The van der Waals surface area contributed by atoms with Crippen molar-refractivity contribution in [1.29, 1.82) is 0 Å². The van der Waals surface area contributed by atoms with E-state index in [2.05, 4.69) is 12.2 Å². The van der Waals surface area contributed by atoms with Gasteiger partial charge in [-0.25, -0.2) is 0 Å². The first-order valence-electron chi connectivity index (χ1n) is 8.95. The quantitative estimate of drug-likeness (QED) is 0.659. The number of hydrogen-bond acceptors (Lipinski definition) is 4. The topological polar surface area (TPSA) is 67.9 Å². The Morgan fingerprint density at radius 3 is 2.88 bits per heavy atom. The van der Waals surface area contributed by atoms with E-state index in [-0.39, 0.29) is 24.2 Å². The number of rotatable bonds is 10. The fraction of sp³-hybridized carbons (Fsp3) is 0.579. The monoisotopic (exact) mass is 348 g/mol. The fourth-order valence-corrected chi connectivity index (χ4v) is 2.79. The first-order chi connectivity index (χ1) is 12.2. The van der Waals surface area contributed by atoms with Crippen LogP contribution in [0.3, 0.4) is 0 Å². The summed E-state index contributed by atoms with van der Waals surface area (Å²) in [6.07, 6.45) is 3.22. The molecule has 6 nitrogen and oxygen atoms in total. The van der Waals surface area contributed by atoms with Gasteiger partial charge in [0.2, 0.25) is 11.8 Å². The number of ether oxygens (including phenoxy) is 2. The van der Waals surface area contributed by atoms with Gasteiger partial charge in [0.25, 0.3) is 0 Å². The van der Waals surface area contributed by atoms with Gasteiger partial charge in [-0.15, -0.1) is 0 Å². The summed E-state index contributed by atoms with van der Waals surface area (Å²) >= 11 is 0. The van der Waals surface area contributed by atoms with E-state index in [1.807, 2.05) is 24.3 Å². The summed E-state index contributed by atoms with van der Waals surface area (Å²) in [6, 6.07) is 7.34. The smallest absolute Gasteiger partial charge is 0.227 e. The van der Waals surface area contributed by atoms with Gasteiger partial charge < -0.3 is 19.7 Å². The first-order valence-corrected chi connectivity index (χ1v) is 8.95. The van der Waals surface area contributed by atoms with Gasteiger partial charge in [0.1, 0.15) is 5.75 Å². The molecule has 0 radical (unpaired) electrons. The maximum Gasteiger partial charge on any atom is 0.227 e. The van der Waals surface area contributed by atoms with Crippen LogP contribution in [0.1, 0.15) is 32.6 Å². The van der Waals surface area contributed by atoms with Crippen LogP contribution < -0.4 is 15.0 Å². The number of anilines is 1. The maximum absolute atomic E-state index is 12.3. The Morgan fingerprint density at radius 1 is 1.32 bits per heavy atom. The second-order valence-corrected chi connectivity index (χ2v) is 6.22. The molecule has 0 spiro atoms. The van der Waals surface area contributed by atoms with Crippen LogP contribution >= 0.6 is 0 Å². The molecule has 1 heterocycles. The second-order valence-electron chi connectivity index (χ2n) is 6.22. The predicted octanol–water partition coefficient (Wildman–Crippen LogP) is 2.37. The molecule has 0 unspecified atom stereocenters. The molecule has 2 amide bonds. The van der Waals surface area contributed by atoms with Crippen molar-refractivity contribution < 1.29 is 19.1 Å². The van der Waals surface area contributed by atoms with Crippen LogP contribution in [0.2, 0.25) is 0 Å². The third kappa shape index (κ3) is 5.74. The van der Waals surface area contributed by atoms with E-state index in [0.29, 0.717) is 25.4 Å². The van der Waals surface area contributed by atoms with E-state index in [4.69, 9.17) is 9.47 Å². The Morgan fingerprint density at radius 2 is 2.12 bits per heavy atom. The minimum atomic E-state index is -0.306. The van der Waals surface area contributed by atoms with Crippen LogP contribution in [-0.4, -0.2) is 45.2 Å². The van der Waals surface area contributed by atoms with Gasteiger partial charge in [-0.1, -0.05) is 19.4 Å². The van der Waals surface area contributed by atoms with Crippen LogP contribution in [0.5, 0.6) is 5.75 Å². The van der Waals surface area contributed by atoms with Gasteiger partial charge >= 0.3 is 0 Å². The Labute approximate surface area is 149 Å². The highest BCUT2D eigenvalue weighted by Gasteiger charge is 2.35. The molecular formula is C19H28N2O4. The summed E-state index contributed by atoms with van der Waals surface area (Å²) < 4.78 is 10.7. The van der Waals surface area contributed by atoms with Crippen molar-refractivity contribution in [1.82, 2.24) is 5.32 Å². The van der Waals surface area contributed by atoms with Crippen LogP contribution in [-0.2, 0) is 14.3 Å². The molecule has 2 rings (SSSR count). The zero-order chi connectivity index (χ0) is 18.1. The molecule has 0 aliphatic carbocycles. The lowest BCUT2D eigenvalue weighted by atomic mass is 10.1. The summed E-state index contributed by atoms with van der Waals surface area (Å²) in [5.74, 6) is 0.296. The lowest BCUT2D eigenvalue weighted by Crippen LogP contribution is -2.33. The number of methoxy groups -OCH3 is 1. The largest absolute Gasteiger partial charge is 0.497 e. The third-order valence-electron chi connectivity index (χ3n) is 4.27. The summed E-state index contributed by atoms with van der Waals surface area (Å²) in [6.45, 7) is 4.54. The zero-order valence-corrected chi connectivity index (χ0v) is 15.1. The van der Waals surface area contributed by atoms with Gasteiger partial charge in [0.05, 0.1) is 13.0 Å². The standard InChI is InChI=1S/C19H28N2O4/c1-3-4-10-25-11-6-9-20-19(23)15-12-18(22)21(14-15)16-7-5-8-17(13-16)24-2/h5,7-8,13,15H,3-4,6,9-12,14H2,1-2H3,(H,20,23)/t15-/m1/s1. The van der Waals surface area contributed by atoms with Crippen molar-refractivity contribution in [3.63, 3.8) is 0 Å². The van der Waals surface area contributed by atoms with Gasteiger partial charge in [-0.2, -0.15) is 0 Å². The number of carbonyl (C=O) groups excluding carboxylic acids is 2. The van der Waals surface area contributed by atoms with Crippen molar-refractivity contribution in [3.8, 4) is 5.75 Å². The maximum atomic E-state index is 12.3. The van der Waals surface area contributed by atoms with E-state index in [1.54, 1.807) is 12.0 Å². The Balaban J connectivity index is 1.76. The summed E-state index contributed by atoms with van der Waals surface area (Å²) in [5.41, 5.74) is 0.768. The molecule has 0 saturated carbocycles. The number of nitrogens with one attached hydrogen (secondary N) is 1. The summed E-state index contributed by atoms with van der Waals surface area (Å²) in [5, 5.41) is 2.91. The van der Waals surface area contributed by atoms with Crippen molar-refractivity contribution in [2.24, 2.45) is 5.92 Å². The highest BCUT2D eigenvalue weighted by Crippen LogP contribution is 2.27. The minimum absolute atomic E-state index is 0.0312. The normalized spacial score (nSPS) is 17.0. The predicted molar refractivity (Wildman–Crippen MR) is 96.8 cm³/mol. The van der Waals surface area contributed by atoms with E-state index in [0.717, 1.165) is 31.6 Å². The van der Waals surface area contributed by atoms with Crippen LogP contribution in [0.4, 0.5) is 5.69 Å². The molecule has 1 aliphatic heterocycles. The van der Waals surface area contributed by atoms with E-state index < -0.39 is 0 Å². The van der Waals surface area contributed by atoms with Crippen molar-refractivity contribution in [3.05, 3.63) is 24.3 Å². The number of hydrogen-bond donors (Lipinski definition) is 1. The van der Waals surface area contributed by atoms with Crippen LogP contribution in [0.15, 0.2) is 24.3 Å². The number of unbranched alkanes of at least 4 members (excludes halogenated alkanes) is 1. The molecule has 0 bridgehead atoms. The van der Waals surface area contributed by atoms with Crippen molar-refractivity contribution in [2.45, 2.75) is 32.6 Å². The third-order valence-corrected chi connectivity index (χ3v) is 4.27. The average Bonchev–Trinajstić information content (AvgIpc) is 3.02. The number of benzene rings is 1. The molecule has 6 heteroatoms. The fourth-order valence-electron chi connectivity index (χ4n) is 2.79. The highest BCUT2D eigenvalue weighted by atomic mass is 16.5. The van der Waals surface area contributed by atoms with Crippen molar-refractivity contribution in [2.75, 3.05) is 38.3 Å². The first kappa shape index (κ1) is 19.2. The lowest BCUT2D eigenvalue weighted by Gasteiger charge is -2.17. The molecule has 1 saturated heterocycles. The van der Waals surface area contributed by atoms with Crippen LogP contribution in [0, 0.1) is 5.92 Å². The highest BCUT2D eigenvalue weighted by molar-refractivity contribution is 6.00. The van der Waals surface area contributed by atoms with Gasteiger partial charge in [0, 0.05) is 44.5 Å². The molecule has 1 atom stereocenters. The molecular weight excluding hydrogens is 320 g/mol. The zero-order valence-electron chi connectivity index (χ0n) is 15.1. The molecule has 0 aromatic heterocycles. The number of amides is 2. The molecule has 25 heavy (non-hydrogen) atoms. The van der Waals surface area contributed by atoms with E-state index in [1.165, 1.54) is 0 Å². The molecule has 1 aromatic rings. The van der Waals surface area contributed by atoms with E-state index in [9.17, 15) is 9.59 Å². The Bertz CT molecular complexity index is 576. The van der Waals surface area contributed by atoms with Crippen LogP contribution in [0.25, 0.3) is 0 Å². The second kappa shape index (κ2) is 10.0. The number of nitrogens with zero attached hydrogens (tertiary/aromatic N) is 1. The Kier molecular flexibility index (Phi) is 7.73. The SMILES string of the molecule is CCCCOCCCNC(=O)[C@@H]1CC(=O)N(c2cccc(OC)c2)C1. The van der Waals surface area contributed by atoms with E-state index >= 15 is 0 Å². The lowest BCUT2D eigenvalue weighted by molar-refractivity contribution is -0.126. The van der Waals surface area contributed by atoms with Gasteiger partial charge in [-0.05, 0) is 25.0 Å². The average molecular weight is 348 g/mol. The summed E-state index contributed by atoms with van der Waals surface area (Å²) in [4.78, 5) is 26.2. The number of carbonyl (C=O) groups is 2. The molecule has 1 aliphatic rings. The molecule has 138 valence electrons. The van der Waals surface area contributed by atoms with Gasteiger partial charge in [0.15, 0.2) is 0 Å². The van der Waals surface area contributed by atoms with Crippen molar-refractivity contribution >= 4 is 17.5 Å². The Hall–Kier alpha value is -2.08. The minimum Gasteiger partial charge on any atom is -0.497 e. The molecule has 1 aromatic carbocycles. The molecule has 1 N–H and O–H groups in total. The molecule has 1 fully saturated rings.